The van der Waals surface area contributed by atoms with Crippen LogP contribution in [0.25, 0.3) is 11.3 Å². The lowest BCUT2D eigenvalue weighted by Crippen LogP contribution is -2.38. The van der Waals surface area contributed by atoms with Crippen LogP contribution in [-0.2, 0) is 27.9 Å². The molecule has 3 heterocycles. The van der Waals surface area contributed by atoms with Gasteiger partial charge in [-0.05, 0) is 0 Å². The number of sulfonamides is 1. The van der Waals surface area contributed by atoms with Crippen molar-refractivity contribution in [3.8, 4) is 11.3 Å². The molecule has 21 heavy (non-hydrogen) atoms. The normalized spacial score (nSPS) is 18.4. The Morgan fingerprint density at radius 2 is 2.19 bits per heavy atom. The van der Waals surface area contributed by atoms with Gasteiger partial charge in [0.15, 0.2) is 0 Å². The van der Waals surface area contributed by atoms with Crippen LogP contribution in [0.5, 0.6) is 0 Å². The molecule has 2 aromatic heterocycles. The second kappa shape index (κ2) is 5.47. The minimum Gasteiger partial charge on any atom is -0.369 e. The van der Waals surface area contributed by atoms with E-state index in [-0.39, 0.29) is 12.6 Å². The second-order valence-corrected chi connectivity index (χ2v) is 6.58. The van der Waals surface area contributed by atoms with E-state index >= 15 is 0 Å². The number of aromatic nitrogens is 5. The monoisotopic (exact) mass is 310 g/mol. The SMILES string of the molecule is CS(=O)(=O)NCC1Cn2nnc(-c3cncnc3)c2CO1. The van der Waals surface area contributed by atoms with E-state index < -0.39 is 10.0 Å². The van der Waals surface area contributed by atoms with Gasteiger partial charge >= 0.3 is 0 Å². The van der Waals surface area contributed by atoms with Crippen LogP contribution in [0.1, 0.15) is 5.69 Å². The smallest absolute Gasteiger partial charge is 0.208 e. The Kier molecular flexibility index (Phi) is 3.66. The molecule has 0 aromatic carbocycles. The standard InChI is InChI=1S/C11H14N6O3S/c1-21(18,19)14-4-9-5-17-10(6-20-9)11(15-16-17)8-2-12-7-13-3-8/h2-3,7,9,14H,4-6H2,1H3. The van der Waals surface area contributed by atoms with Gasteiger partial charge in [-0.15, -0.1) is 5.10 Å². The predicted molar refractivity (Wildman–Crippen MR) is 72.5 cm³/mol. The van der Waals surface area contributed by atoms with Crippen molar-refractivity contribution in [1.29, 1.82) is 0 Å². The Labute approximate surface area is 121 Å². The average molecular weight is 310 g/mol. The zero-order valence-corrected chi connectivity index (χ0v) is 12.1. The summed E-state index contributed by atoms with van der Waals surface area (Å²) in [5.74, 6) is 0. The van der Waals surface area contributed by atoms with E-state index in [2.05, 4.69) is 25.0 Å². The summed E-state index contributed by atoms with van der Waals surface area (Å²) in [6.45, 7) is 0.966. The molecule has 2 aromatic rings. The van der Waals surface area contributed by atoms with Gasteiger partial charge in [-0.3, -0.25) is 0 Å². The van der Waals surface area contributed by atoms with Gasteiger partial charge in [0.1, 0.15) is 12.0 Å². The van der Waals surface area contributed by atoms with E-state index in [9.17, 15) is 8.42 Å². The van der Waals surface area contributed by atoms with E-state index in [0.717, 1.165) is 17.5 Å². The maximum atomic E-state index is 11.1. The van der Waals surface area contributed by atoms with Crippen LogP contribution in [0.3, 0.4) is 0 Å². The van der Waals surface area contributed by atoms with Crippen molar-refractivity contribution in [3.63, 3.8) is 0 Å². The quantitative estimate of drug-likeness (QED) is 0.785. The summed E-state index contributed by atoms with van der Waals surface area (Å²) >= 11 is 0. The van der Waals surface area contributed by atoms with Crippen molar-refractivity contribution in [3.05, 3.63) is 24.4 Å². The zero-order chi connectivity index (χ0) is 14.9. The molecule has 0 amide bonds. The zero-order valence-electron chi connectivity index (χ0n) is 11.3. The van der Waals surface area contributed by atoms with Crippen molar-refractivity contribution in [1.82, 2.24) is 29.7 Å². The summed E-state index contributed by atoms with van der Waals surface area (Å²) in [5, 5.41) is 8.21. The summed E-state index contributed by atoms with van der Waals surface area (Å²) in [4.78, 5) is 7.91. The number of hydrogen-bond acceptors (Lipinski definition) is 7. The van der Waals surface area contributed by atoms with Crippen LogP contribution in [0, 0.1) is 0 Å². The highest BCUT2D eigenvalue weighted by molar-refractivity contribution is 7.88. The minimum absolute atomic E-state index is 0.210. The fourth-order valence-corrected chi connectivity index (χ4v) is 2.57. The Morgan fingerprint density at radius 1 is 1.43 bits per heavy atom. The molecular weight excluding hydrogens is 296 g/mol. The first-order chi connectivity index (χ1) is 10.0. The van der Waals surface area contributed by atoms with Crippen molar-refractivity contribution < 1.29 is 13.2 Å². The van der Waals surface area contributed by atoms with E-state index in [4.69, 9.17) is 4.74 Å². The molecule has 0 radical (unpaired) electrons. The van der Waals surface area contributed by atoms with Gasteiger partial charge < -0.3 is 4.74 Å². The highest BCUT2D eigenvalue weighted by Gasteiger charge is 2.25. The number of fused-ring (bicyclic) bond motifs is 1. The molecule has 0 spiro atoms. The first-order valence-electron chi connectivity index (χ1n) is 6.27. The van der Waals surface area contributed by atoms with Crippen molar-refractivity contribution in [2.75, 3.05) is 12.8 Å². The van der Waals surface area contributed by atoms with Crippen molar-refractivity contribution in [2.45, 2.75) is 19.3 Å². The highest BCUT2D eigenvalue weighted by Crippen LogP contribution is 2.23. The van der Waals surface area contributed by atoms with Crippen LogP contribution < -0.4 is 4.72 Å². The lowest BCUT2D eigenvalue weighted by Gasteiger charge is -2.23. The Hall–Kier alpha value is -1.91. The Balaban J connectivity index is 1.76. The summed E-state index contributed by atoms with van der Waals surface area (Å²) in [7, 11) is -3.23. The number of rotatable bonds is 4. The van der Waals surface area contributed by atoms with Crippen LogP contribution in [0.4, 0.5) is 0 Å². The van der Waals surface area contributed by atoms with Crippen LogP contribution in [0.2, 0.25) is 0 Å². The van der Waals surface area contributed by atoms with E-state index in [1.54, 1.807) is 17.1 Å². The van der Waals surface area contributed by atoms with Gasteiger partial charge in [0, 0.05) is 24.5 Å². The molecule has 0 fully saturated rings. The number of ether oxygens (including phenoxy) is 1. The van der Waals surface area contributed by atoms with Crippen molar-refractivity contribution >= 4 is 10.0 Å². The largest absolute Gasteiger partial charge is 0.369 e. The van der Waals surface area contributed by atoms with Crippen LogP contribution >= 0.6 is 0 Å². The molecule has 3 rings (SSSR count). The van der Waals surface area contributed by atoms with Gasteiger partial charge in [0.05, 0.1) is 31.2 Å². The lowest BCUT2D eigenvalue weighted by molar-refractivity contribution is 0.00434. The van der Waals surface area contributed by atoms with Crippen LogP contribution in [0.15, 0.2) is 18.7 Å². The Bertz CT molecular complexity index is 730. The van der Waals surface area contributed by atoms with Crippen LogP contribution in [-0.4, -0.2) is 52.3 Å². The maximum Gasteiger partial charge on any atom is 0.208 e. The number of nitrogens with one attached hydrogen (secondary N) is 1. The second-order valence-electron chi connectivity index (χ2n) is 4.75. The summed E-state index contributed by atoms with van der Waals surface area (Å²) in [6, 6.07) is 0. The first-order valence-corrected chi connectivity index (χ1v) is 8.16. The molecule has 9 nitrogen and oxygen atoms in total. The molecule has 1 unspecified atom stereocenters. The predicted octanol–water partition coefficient (Wildman–Crippen LogP) is -0.817. The molecule has 10 heteroatoms. The van der Waals surface area contributed by atoms with E-state index in [1.165, 1.54) is 6.33 Å². The highest BCUT2D eigenvalue weighted by atomic mass is 32.2. The number of hydrogen-bond donors (Lipinski definition) is 1. The molecule has 0 saturated heterocycles. The molecular formula is C11H14N6O3S. The van der Waals surface area contributed by atoms with Crippen molar-refractivity contribution in [2.24, 2.45) is 0 Å². The van der Waals surface area contributed by atoms with Gasteiger partial charge in [-0.1, -0.05) is 5.21 Å². The molecule has 1 aliphatic heterocycles. The van der Waals surface area contributed by atoms with E-state index in [1.807, 2.05) is 0 Å². The lowest BCUT2D eigenvalue weighted by atomic mass is 10.2. The molecule has 0 aliphatic carbocycles. The van der Waals surface area contributed by atoms with Gasteiger partial charge in [0.25, 0.3) is 0 Å². The average Bonchev–Trinajstić information content (AvgIpc) is 2.88. The molecule has 112 valence electrons. The molecule has 0 bridgehead atoms. The van der Waals surface area contributed by atoms with Gasteiger partial charge in [-0.2, -0.15) is 0 Å². The summed E-state index contributed by atoms with van der Waals surface area (Å²) < 4.78 is 32.0. The third kappa shape index (κ3) is 3.23. The molecule has 1 aliphatic rings. The maximum absolute atomic E-state index is 11.1. The fourth-order valence-electron chi connectivity index (χ4n) is 2.08. The third-order valence-electron chi connectivity index (χ3n) is 3.08. The third-order valence-corrected chi connectivity index (χ3v) is 3.77. The summed E-state index contributed by atoms with van der Waals surface area (Å²) in [5.41, 5.74) is 2.29. The molecule has 1 N–H and O–H groups in total. The first kappa shape index (κ1) is 14.0. The van der Waals surface area contributed by atoms with Gasteiger partial charge in [-0.25, -0.2) is 27.8 Å². The fraction of sp³-hybridized carbons (Fsp3) is 0.455. The molecule has 0 saturated carbocycles. The molecule has 1 atom stereocenters. The summed E-state index contributed by atoms with van der Waals surface area (Å²) in [6.07, 6.45) is 5.62. The number of nitrogens with zero attached hydrogens (tertiary/aromatic N) is 5. The Morgan fingerprint density at radius 3 is 2.90 bits per heavy atom. The van der Waals surface area contributed by atoms with Gasteiger partial charge in [0.2, 0.25) is 10.0 Å². The minimum atomic E-state index is -3.23. The topological polar surface area (TPSA) is 112 Å². The van der Waals surface area contributed by atoms with E-state index in [0.29, 0.717) is 18.8 Å².